The van der Waals surface area contributed by atoms with Crippen molar-refractivity contribution in [2.75, 3.05) is 12.4 Å². The molecule has 5 heteroatoms. The number of aliphatic hydroxyl groups is 1. The predicted molar refractivity (Wildman–Crippen MR) is 76.0 cm³/mol. The summed E-state index contributed by atoms with van der Waals surface area (Å²) in [7, 11) is 0. The molecule has 1 atom stereocenters. The van der Waals surface area contributed by atoms with E-state index in [1.54, 1.807) is 12.1 Å². The monoisotopic (exact) mass is 287 g/mol. The zero-order valence-corrected chi connectivity index (χ0v) is 12.1. The van der Waals surface area contributed by atoms with Gasteiger partial charge in [0.05, 0.1) is 18.4 Å². The molecule has 18 heavy (non-hydrogen) atoms. The van der Waals surface area contributed by atoms with Crippen molar-refractivity contribution in [1.29, 1.82) is 0 Å². The van der Waals surface area contributed by atoms with Gasteiger partial charge in [-0.05, 0) is 30.2 Å². The van der Waals surface area contributed by atoms with Gasteiger partial charge in [0.25, 0.3) is 0 Å². The van der Waals surface area contributed by atoms with E-state index in [9.17, 15) is 4.79 Å². The lowest BCUT2D eigenvalue weighted by Crippen LogP contribution is -2.41. The maximum Gasteiger partial charge on any atom is 0.230 e. The molecule has 3 nitrogen and oxygen atoms in total. The Morgan fingerprint density at radius 2 is 2.00 bits per heavy atom. The van der Waals surface area contributed by atoms with E-state index < -0.39 is 0 Å². The van der Waals surface area contributed by atoms with Gasteiger partial charge in [-0.1, -0.05) is 25.4 Å². The summed E-state index contributed by atoms with van der Waals surface area (Å²) in [5.41, 5.74) is 0. The van der Waals surface area contributed by atoms with Crippen LogP contribution in [-0.2, 0) is 4.79 Å². The maximum absolute atomic E-state index is 11.7. The molecule has 0 spiro atoms. The van der Waals surface area contributed by atoms with E-state index in [0.29, 0.717) is 10.8 Å². The van der Waals surface area contributed by atoms with Crippen LogP contribution in [0.2, 0.25) is 5.02 Å². The predicted octanol–water partition coefficient (Wildman–Crippen LogP) is 2.57. The van der Waals surface area contributed by atoms with Crippen molar-refractivity contribution in [3.05, 3.63) is 29.3 Å². The Morgan fingerprint density at radius 3 is 2.50 bits per heavy atom. The zero-order chi connectivity index (χ0) is 13.5. The van der Waals surface area contributed by atoms with Crippen molar-refractivity contribution in [2.45, 2.75) is 24.8 Å². The van der Waals surface area contributed by atoms with Crippen molar-refractivity contribution in [1.82, 2.24) is 5.32 Å². The molecule has 0 aliphatic heterocycles. The Hall–Kier alpha value is -0.710. The Kier molecular flexibility index (Phi) is 6.54. The second kappa shape index (κ2) is 7.67. The first-order valence-electron chi connectivity index (χ1n) is 5.81. The second-order valence-electron chi connectivity index (χ2n) is 4.34. The highest BCUT2D eigenvalue weighted by Crippen LogP contribution is 2.20. The molecule has 100 valence electrons. The summed E-state index contributed by atoms with van der Waals surface area (Å²) in [6.45, 7) is 3.90. The molecule has 0 aliphatic carbocycles. The fraction of sp³-hybridized carbons (Fsp3) is 0.462. The van der Waals surface area contributed by atoms with Gasteiger partial charge < -0.3 is 10.4 Å². The number of halogens is 1. The first-order chi connectivity index (χ1) is 8.52. The lowest BCUT2D eigenvalue weighted by Gasteiger charge is -2.19. The number of carbonyl (C=O) groups excluding carboxylic acids is 1. The number of thioether (sulfide) groups is 1. The zero-order valence-electron chi connectivity index (χ0n) is 10.5. The van der Waals surface area contributed by atoms with Crippen molar-refractivity contribution < 1.29 is 9.90 Å². The average molecular weight is 288 g/mol. The lowest BCUT2D eigenvalue weighted by molar-refractivity contribution is -0.119. The Balaban J connectivity index is 2.39. The molecule has 0 aromatic heterocycles. The first kappa shape index (κ1) is 15.3. The van der Waals surface area contributed by atoms with Crippen LogP contribution in [0.4, 0.5) is 0 Å². The Labute approximate surface area is 117 Å². The summed E-state index contributed by atoms with van der Waals surface area (Å²) in [6.07, 6.45) is 0. The van der Waals surface area contributed by atoms with Crippen LogP contribution < -0.4 is 5.32 Å². The molecule has 0 bridgehead atoms. The number of nitrogens with one attached hydrogen (secondary N) is 1. The Bertz CT molecular complexity index is 381. The number of rotatable bonds is 6. The van der Waals surface area contributed by atoms with Gasteiger partial charge in [0.15, 0.2) is 0 Å². The van der Waals surface area contributed by atoms with Crippen LogP contribution in [0.3, 0.4) is 0 Å². The molecule has 0 heterocycles. The highest BCUT2D eigenvalue weighted by molar-refractivity contribution is 8.00. The third kappa shape index (κ3) is 5.29. The highest BCUT2D eigenvalue weighted by atomic mass is 35.5. The standard InChI is InChI=1S/C13H18ClNO2S/c1-9(2)12(7-16)15-13(17)8-18-11-5-3-10(14)4-6-11/h3-6,9,12,16H,7-8H2,1-2H3,(H,15,17)/t12-/m1/s1. The van der Waals surface area contributed by atoms with Crippen LogP contribution in [0, 0.1) is 5.92 Å². The van der Waals surface area contributed by atoms with Gasteiger partial charge in [0.1, 0.15) is 0 Å². The van der Waals surface area contributed by atoms with Crippen molar-refractivity contribution in [2.24, 2.45) is 5.92 Å². The summed E-state index contributed by atoms with van der Waals surface area (Å²) in [5, 5.41) is 12.6. The van der Waals surface area contributed by atoms with Crippen molar-refractivity contribution in [3.63, 3.8) is 0 Å². The first-order valence-corrected chi connectivity index (χ1v) is 7.18. The minimum atomic E-state index is -0.177. The van der Waals surface area contributed by atoms with Crippen LogP contribution in [0.1, 0.15) is 13.8 Å². The molecule has 0 saturated heterocycles. The number of hydrogen-bond donors (Lipinski definition) is 2. The summed E-state index contributed by atoms with van der Waals surface area (Å²) >= 11 is 7.23. The molecule has 0 fully saturated rings. The van der Waals surface area contributed by atoms with Crippen molar-refractivity contribution in [3.8, 4) is 0 Å². The third-order valence-electron chi connectivity index (χ3n) is 2.53. The molecule has 1 aromatic carbocycles. The van der Waals surface area contributed by atoms with E-state index in [2.05, 4.69) is 5.32 Å². The lowest BCUT2D eigenvalue weighted by atomic mass is 10.1. The number of amides is 1. The van der Waals surface area contributed by atoms with Gasteiger partial charge in [-0.2, -0.15) is 0 Å². The molecular weight excluding hydrogens is 270 g/mol. The van der Waals surface area contributed by atoms with Crippen molar-refractivity contribution >= 4 is 29.3 Å². The molecule has 2 N–H and O–H groups in total. The van der Waals surface area contributed by atoms with Crippen LogP contribution in [0.15, 0.2) is 29.2 Å². The minimum Gasteiger partial charge on any atom is -0.394 e. The molecule has 0 radical (unpaired) electrons. The highest BCUT2D eigenvalue weighted by Gasteiger charge is 2.14. The van der Waals surface area contributed by atoms with Gasteiger partial charge in [0.2, 0.25) is 5.91 Å². The number of hydrogen-bond acceptors (Lipinski definition) is 3. The molecule has 0 aliphatic rings. The molecule has 1 amide bonds. The van der Waals surface area contributed by atoms with E-state index in [-0.39, 0.29) is 24.5 Å². The van der Waals surface area contributed by atoms with Gasteiger partial charge in [-0.3, -0.25) is 4.79 Å². The quantitative estimate of drug-likeness (QED) is 0.791. The second-order valence-corrected chi connectivity index (χ2v) is 5.83. The maximum atomic E-state index is 11.7. The van der Waals surface area contributed by atoms with Crippen LogP contribution in [-0.4, -0.2) is 29.4 Å². The molecule has 1 aromatic rings. The molecule has 0 saturated carbocycles. The topological polar surface area (TPSA) is 49.3 Å². The normalized spacial score (nSPS) is 12.5. The number of carbonyl (C=O) groups is 1. The van der Waals surface area contributed by atoms with E-state index >= 15 is 0 Å². The minimum absolute atomic E-state index is 0.0327. The summed E-state index contributed by atoms with van der Waals surface area (Å²) < 4.78 is 0. The summed E-state index contributed by atoms with van der Waals surface area (Å²) in [4.78, 5) is 12.7. The van der Waals surface area contributed by atoms with Gasteiger partial charge in [-0.15, -0.1) is 11.8 Å². The van der Waals surface area contributed by atoms with Gasteiger partial charge in [-0.25, -0.2) is 0 Å². The largest absolute Gasteiger partial charge is 0.394 e. The fourth-order valence-electron chi connectivity index (χ4n) is 1.35. The number of aliphatic hydroxyl groups excluding tert-OH is 1. The summed E-state index contributed by atoms with van der Waals surface area (Å²) in [5.74, 6) is 0.493. The SMILES string of the molecule is CC(C)[C@@H](CO)NC(=O)CSc1ccc(Cl)cc1. The van der Waals surface area contributed by atoms with Gasteiger partial charge >= 0.3 is 0 Å². The Morgan fingerprint density at radius 1 is 1.39 bits per heavy atom. The van der Waals surface area contributed by atoms with Crippen LogP contribution >= 0.6 is 23.4 Å². The van der Waals surface area contributed by atoms with Crippen LogP contribution in [0.5, 0.6) is 0 Å². The van der Waals surface area contributed by atoms with E-state index in [4.69, 9.17) is 16.7 Å². The fourth-order valence-corrected chi connectivity index (χ4v) is 2.19. The summed E-state index contributed by atoms with van der Waals surface area (Å²) in [6, 6.07) is 7.18. The molecular formula is C13H18ClNO2S. The van der Waals surface area contributed by atoms with E-state index in [0.717, 1.165) is 4.90 Å². The average Bonchev–Trinajstić information content (AvgIpc) is 2.35. The third-order valence-corrected chi connectivity index (χ3v) is 3.80. The molecule has 1 rings (SSSR count). The van der Waals surface area contributed by atoms with E-state index in [1.807, 2.05) is 26.0 Å². The molecule has 0 unspecified atom stereocenters. The van der Waals surface area contributed by atoms with Gasteiger partial charge in [0, 0.05) is 9.92 Å². The smallest absolute Gasteiger partial charge is 0.230 e. The van der Waals surface area contributed by atoms with E-state index in [1.165, 1.54) is 11.8 Å². The van der Waals surface area contributed by atoms with Crippen LogP contribution in [0.25, 0.3) is 0 Å². The number of benzene rings is 1.